The number of hydrogen-bond acceptors (Lipinski definition) is 3. The molecule has 0 aliphatic heterocycles. The monoisotopic (exact) mass is 442 g/mol. The van der Waals surface area contributed by atoms with Crippen molar-refractivity contribution in [3.05, 3.63) is 64.4 Å². The highest BCUT2D eigenvalue weighted by molar-refractivity contribution is 6.30. The number of carbonyl (C=O) groups excluding carboxylic acids is 1. The molecule has 0 aliphatic rings. The summed E-state index contributed by atoms with van der Waals surface area (Å²) in [6.45, 7) is 15.1. The summed E-state index contributed by atoms with van der Waals surface area (Å²) in [6.07, 6.45) is 2.53. The molecule has 168 valence electrons. The van der Waals surface area contributed by atoms with E-state index in [1.807, 2.05) is 65.1 Å². The molecular weight excluding hydrogens is 408 g/mol. The number of halogens is 1. The van der Waals surface area contributed by atoms with Crippen molar-refractivity contribution in [1.82, 2.24) is 9.55 Å². The van der Waals surface area contributed by atoms with Crippen LogP contribution in [-0.4, -0.2) is 22.1 Å². The Bertz CT molecular complexity index is 1000. The van der Waals surface area contributed by atoms with Gasteiger partial charge in [-0.25, -0.2) is 4.98 Å². The largest absolute Gasteiger partial charge is 0.466 e. The second kappa shape index (κ2) is 10.8. The van der Waals surface area contributed by atoms with Gasteiger partial charge in [0.1, 0.15) is 5.65 Å². The molecule has 0 bridgehead atoms. The van der Waals surface area contributed by atoms with E-state index in [2.05, 4.69) is 30.5 Å². The van der Waals surface area contributed by atoms with Crippen LogP contribution in [0.2, 0.25) is 5.02 Å². The van der Waals surface area contributed by atoms with E-state index in [0.717, 1.165) is 27.3 Å². The molecule has 0 aliphatic carbocycles. The van der Waals surface area contributed by atoms with Crippen LogP contribution in [0.4, 0.5) is 0 Å². The molecule has 0 unspecified atom stereocenters. The summed E-state index contributed by atoms with van der Waals surface area (Å²) >= 11 is 6.05. The van der Waals surface area contributed by atoms with Gasteiger partial charge >= 0.3 is 5.97 Å². The van der Waals surface area contributed by atoms with E-state index in [4.69, 9.17) is 21.3 Å². The van der Waals surface area contributed by atoms with Gasteiger partial charge in [0.15, 0.2) is 0 Å². The molecule has 1 aromatic carbocycles. The zero-order chi connectivity index (χ0) is 23.2. The first-order valence-electron chi connectivity index (χ1n) is 11.1. The molecule has 0 spiro atoms. The Morgan fingerprint density at radius 2 is 1.81 bits per heavy atom. The van der Waals surface area contributed by atoms with Crippen LogP contribution in [0.25, 0.3) is 11.0 Å². The number of carbonyl (C=O) groups is 1. The van der Waals surface area contributed by atoms with Crippen molar-refractivity contribution in [3.63, 3.8) is 0 Å². The van der Waals surface area contributed by atoms with Crippen molar-refractivity contribution in [2.75, 3.05) is 6.61 Å². The van der Waals surface area contributed by atoms with Crippen LogP contribution in [0.15, 0.2) is 42.6 Å². The van der Waals surface area contributed by atoms with Crippen LogP contribution < -0.4 is 0 Å². The lowest BCUT2D eigenvalue weighted by Gasteiger charge is -2.23. The molecule has 0 saturated carbocycles. The number of esters is 1. The maximum Gasteiger partial charge on any atom is 0.311 e. The van der Waals surface area contributed by atoms with Crippen molar-refractivity contribution < 1.29 is 9.53 Å². The first-order chi connectivity index (χ1) is 14.7. The van der Waals surface area contributed by atoms with Crippen molar-refractivity contribution in [2.24, 2.45) is 5.41 Å². The number of hydrogen-bond donors (Lipinski definition) is 0. The highest BCUT2D eigenvalue weighted by atomic mass is 35.5. The van der Waals surface area contributed by atoms with E-state index in [1.165, 1.54) is 5.56 Å². The van der Waals surface area contributed by atoms with Gasteiger partial charge in [-0.3, -0.25) is 4.79 Å². The van der Waals surface area contributed by atoms with Gasteiger partial charge in [-0.2, -0.15) is 0 Å². The summed E-state index contributed by atoms with van der Waals surface area (Å²) in [5, 5.41) is 1.81. The Morgan fingerprint density at radius 3 is 2.39 bits per heavy atom. The number of benzene rings is 1. The lowest BCUT2D eigenvalue weighted by molar-refractivity contribution is -0.153. The summed E-state index contributed by atoms with van der Waals surface area (Å²) in [5.74, 6) is 0.227. The van der Waals surface area contributed by atoms with Crippen LogP contribution in [0, 0.1) is 5.41 Å². The number of pyridine rings is 1. The molecule has 0 fully saturated rings. The molecule has 0 amide bonds. The maximum atomic E-state index is 12.5. The zero-order valence-corrected chi connectivity index (χ0v) is 20.6. The molecule has 0 N–H and O–H groups in total. The molecule has 2 aromatic heterocycles. The molecule has 4 nitrogen and oxygen atoms in total. The van der Waals surface area contributed by atoms with E-state index in [1.54, 1.807) is 0 Å². The highest BCUT2D eigenvalue weighted by Gasteiger charge is 2.31. The van der Waals surface area contributed by atoms with Crippen molar-refractivity contribution >= 4 is 28.6 Å². The highest BCUT2D eigenvalue weighted by Crippen LogP contribution is 2.30. The van der Waals surface area contributed by atoms with Gasteiger partial charge in [-0.15, -0.1) is 0 Å². The Labute approximate surface area is 191 Å². The average molecular weight is 443 g/mol. The van der Waals surface area contributed by atoms with Crippen molar-refractivity contribution in [1.29, 1.82) is 0 Å². The molecule has 3 aromatic rings. The Balaban J connectivity index is 0.00000166. The molecular formula is C26H35ClN2O2. The van der Waals surface area contributed by atoms with Gasteiger partial charge in [0, 0.05) is 35.3 Å². The molecule has 0 radical (unpaired) electrons. The number of fused-ring (bicyclic) bond motifs is 1. The maximum absolute atomic E-state index is 12.5. The second-order valence-corrected chi connectivity index (χ2v) is 8.90. The average Bonchev–Trinajstić information content (AvgIpc) is 3.06. The van der Waals surface area contributed by atoms with E-state index in [-0.39, 0.29) is 5.97 Å². The third kappa shape index (κ3) is 6.10. The number of aromatic nitrogens is 2. The summed E-state index contributed by atoms with van der Waals surface area (Å²) in [5.41, 5.74) is 3.72. The molecule has 31 heavy (non-hydrogen) atoms. The lowest BCUT2D eigenvalue weighted by atomic mass is 9.87. The zero-order valence-electron chi connectivity index (χ0n) is 19.8. The van der Waals surface area contributed by atoms with Gasteiger partial charge in [-0.1, -0.05) is 51.4 Å². The van der Waals surface area contributed by atoms with E-state index in [0.29, 0.717) is 25.5 Å². The lowest BCUT2D eigenvalue weighted by Crippen LogP contribution is -2.30. The van der Waals surface area contributed by atoms with Gasteiger partial charge in [0.05, 0.1) is 12.0 Å². The Hall–Kier alpha value is -2.33. The fourth-order valence-electron chi connectivity index (χ4n) is 3.48. The summed E-state index contributed by atoms with van der Waals surface area (Å²) < 4.78 is 7.49. The van der Waals surface area contributed by atoms with Gasteiger partial charge < -0.3 is 9.30 Å². The summed E-state index contributed by atoms with van der Waals surface area (Å²) in [7, 11) is 0. The van der Waals surface area contributed by atoms with E-state index >= 15 is 0 Å². The topological polar surface area (TPSA) is 44.1 Å². The molecule has 0 saturated heterocycles. The van der Waals surface area contributed by atoms with E-state index in [9.17, 15) is 4.79 Å². The smallest absolute Gasteiger partial charge is 0.311 e. The van der Waals surface area contributed by atoms with Gasteiger partial charge in [0.25, 0.3) is 0 Å². The normalized spacial score (nSPS) is 11.4. The third-order valence-corrected chi connectivity index (χ3v) is 5.46. The number of nitrogens with zero attached hydrogens (tertiary/aromatic N) is 2. The van der Waals surface area contributed by atoms with Crippen LogP contribution in [-0.2, 0) is 22.5 Å². The van der Waals surface area contributed by atoms with Crippen LogP contribution in [0.3, 0.4) is 0 Å². The molecule has 2 heterocycles. The minimum Gasteiger partial charge on any atom is -0.466 e. The third-order valence-electron chi connectivity index (χ3n) is 5.21. The van der Waals surface area contributed by atoms with E-state index < -0.39 is 5.41 Å². The number of rotatable bonds is 7. The second-order valence-electron chi connectivity index (χ2n) is 8.47. The minimum absolute atomic E-state index is 0.181. The quantitative estimate of drug-likeness (QED) is 0.369. The minimum atomic E-state index is -0.622. The summed E-state index contributed by atoms with van der Waals surface area (Å²) in [6, 6.07) is 12.2. The molecule has 3 rings (SSSR count). The van der Waals surface area contributed by atoms with Crippen LogP contribution >= 0.6 is 11.6 Å². The molecule has 0 atom stereocenters. The number of ether oxygens (including phenoxy) is 1. The van der Waals surface area contributed by atoms with Crippen LogP contribution in [0.5, 0.6) is 0 Å². The standard InChI is InChI=1S/C24H29ClN2O2.C2H6/c1-6-29-23(28)24(4,5)13-21-12-18-11-19(16(2)3)14-26-22(18)27(21)15-17-7-9-20(25)10-8-17;1-2/h7-12,14,16H,6,13,15H2,1-5H3;1-2H3. The Kier molecular flexibility index (Phi) is 8.69. The molecule has 5 heteroatoms. The predicted octanol–water partition coefficient (Wildman–Crippen LogP) is 7.02. The first kappa shape index (κ1) is 24.9. The predicted molar refractivity (Wildman–Crippen MR) is 130 cm³/mol. The van der Waals surface area contributed by atoms with Crippen LogP contribution in [0.1, 0.15) is 71.2 Å². The van der Waals surface area contributed by atoms with Crippen molar-refractivity contribution in [3.8, 4) is 0 Å². The van der Waals surface area contributed by atoms with Gasteiger partial charge in [0.2, 0.25) is 0 Å². The fraction of sp³-hybridized carbons (Fsp3) is 0.462. The Morgan fingerprint density at radius 1 is 1.16 bits per heavy atom. The summed E-state index contributed by atoms with van der Waals surface area (Å²) in [4.78, 5) is 17.2. The van der Waals surface area contributed by atoms with Gasteiger partial charge in [-0.05, 0) is 62.1 Å². The van der Waals surface area contributed by atoms with Crippen molar-refractivity contribution in [2.45, 2.75) is 67.3 Å². The SMILES string of the molecule is CC.CCOC(=O)C(C)(C)Cc1cc2cc(C(C)C)cnc2n1Cc1ccc(Cl)cc1. The fourth-order valence-corrected chi connectivity index (χ4v) is 3.61. The first-order valence-corrected chi connectivity index (χ1v) is 11.5.